The van der Waals surface area contributed by atoms with Gasteiger partial charge < -0.3 is 10.1 Å². The number of benzene rings is 2. The normalized spacial score (nSPS) is 18.2. The molecular formula is C25H28N4O6S. The van der Waals surface area contributed by atoms with Crippen molar-refractivity contribution in [3.63, 3.8) is 0 Å². The summed E-state index contributed by atoms with van der Waals surface area (Å²) in [6.07, 6.45) is 0.957. The number of carbonyl (C=O) groups excluding carboxylic acids is 2. The van der Waals surface area contributed by atoms with Crippen molar-refractivity contribution in [3.05, 3.63) is 71.4 Å². The average Bonchev–Trinajstić information content (AvgIpc) is 3.25. The van der Waals surface area contributed by atoms with Gasteiger partial charge in [-0.1, -0.05) is 18.2 Å². The van der Waals surface area contributed by atoms with Crippen molar-refractivity contribution in [1.82, 2.24) is 20.1 Å². The Morgan fingerprint density at radius 2 is 1.86 bits per heavy atom. The van der Waals surface area contributed by atoms with Gasteiger partial charge in [-0.3, -0.25) is 19.8 Å². The van der Waals surface area contributed by atoms with Crippen molar-refractivity contribution in [2.24, 2.45) is 5.92 Å². The summed E-state index contributed by atoms with van der Waals surface area (Å²) >= 11 is 0. The molecule has 0 spiro atoms. The lowest BCUT2D eigenvalue weighted by atomic mass is 9.99. The molecule has 1 aliphatic heterocycles. The van der Waals surface area contributed by atoms with Gasteiger partial charge in [0.15, 0.2) is 0 Å². The Hall–Kier alpha value is -3.54. The van der Waals surface area contributed by atoms with E-state index in [0.29, 0.717) is 17.9 Å². The highest BCUT2D eigenvalue weighted by Gasteiger charge is 2.38. The van der Waals surface area contributed by atoms with Gasteiger partial charge in [-0.25, -0.2) is 13.9 Å². The van der Waals surface area contributed by atoms with Crippen molar-refractivity contribution in [1.29, 1.82) is 0 Å². The van der Waals surface area contributed by atoms with Crippen LogP contribution in [0.3, 0.4) is 0 Å². The molecule has 2 heterocycles. The van der Waals surface area contributed by atoms with Crippen molar-refractivity contribution in [2.75, 3.05) is 19.3 Å². The van der Waals surface area contributed by atoms with E-state index in [0.717, 1.165) is 28.4 Å². The van der Waals surface area contributed by atoms with Crippen molar-refractivity contribution in [2.45, 2.75) is 26.0 Å². The highest BCUT2D eigenvalue weighted by atomic mass is 32.2. The zero-order valence-corrected chi connectivity index (χ0v) is 20.8. The maximum absolute atomic E-state index is 12.9. The topological polar surface area (TPSA) is 138 Å². The van der Waals surface area contributed by atoms with Crippen LogP contribution in [0.15, 0.2) is 54.6 Å². The molecule has 0 saturated carbocycles. The third kappa shape index (κ3) is 5.99. The minimum absolute atomic E-state index is 0.0500. The van der Waals surface area contributed by atoms with Crippen LogP contribution in [-0.2, 0) is 21.4 Å². The molecule has 2 amide bonds. The summed E-state index contributed by atoms with van der Waals surface area (Å²) in [5.41, 5.74) is 4.74. The Balaban J connectivity index is 1.41. The SMILES string of the molecule is Cc1cc(COc2ccc(C(=O)N[C@@H]3CN(S(C)(=O)=O)C[C@@H]3CC(=O)NO)cc2)c2ccccc2n1. The fourth-order valence-corrected chi connectivity index (χ4v) is 5.28. The number of carbonyl (C=O) groups is 2. The Morgan fingerprint density at radius 3 is 2.56 bits per heavy atom. The van der Waals surface area contributed by atoms with Crippen LogP contribution in [0.4, 0.5) is 0 Å². The molecule has 190 valence electrons. The van der Waals surface area contributed by atoms with Crippen LogP contribution in [0.5, 0.6) is 5.75 Å². The molecule has 2 aromatic carbocycles. The van der Waals surface area contributed by atoms with Gasteiger partial charge >= 0.3 is 0 Å². The largest absolute Gasteiger partial charge is 0.489 e. The van der Waals surface area contributed by atoms with E-state index in [2.05, 4.69) is 10.3 Å². The van der Waals surface area contributed by atoms with Crippen LogP contribution in [0, 0.1) is 12.8 Å². The van der Waals surface area contributed by atoms with E-state index >= 15 is 0 Å². The van der Waals surface area contributed by atoms with Crippen LogP contribution in [0.1, 0.15) is 28.0 Å². The highest BCUT2D eigenvalue weighted by Crippen LogP contribution is 2.24. The summed E-state index contributed by atoms with van der Waals surface area (Å²) in [7, 11) is -3.50. The van der Waals surface area contributed by atoms with Crippen LogP contribution in [0.25, 0.3) is 10.9 Å². The van der Waals surface area contributed by atoms with Crippen LogP contribution in [0.2, 0.25) is 0 Å². The Bertz CT molecular complexity index is 1380. The number of nitrogens with zero attached hydrogens (tertiary/aromatic N) is 2. The number of aryl methyl sites for hydroxylation is 1. The Kier molecular flexibility index (Phi) is 7.53. The first kappa shape index (κ1) is 25.5. The smallest absolute Gasteiger partial charge is 0.251 e. The van der Waals surface area contributed by atoms with Crippen LogP contribution < -0.4 is 15.5 Å². The monoisotopic (exact) mass is 512 g/mol. The molecule has 1 aliphatic rings. The molecule has 11 heteroatoms. The number of amides is 2. The average molecular weight is 513 g/mol. The van der Waals surface area contributed by atoms with E-state index in [1.54, 1.807) is 29.7 Å². The molecule has 0 bridgehead atoms. The van der Waals surface area contributed by atoms with Gasteiger partial charge in [0.2, 0.25) is 15.9 Å². The third-order valence-electron chi connectivity index (χ3n) is 6.21. The number of hydrogen-bond donors (Lipinski definition) is 3. The summed E-state index contributed by atoms with van der Waals surface area (Å²) < 4.78 is 31.1. The molecule has 4 rings (SSSR count). The Labute approximate surface area is 209 Å². The van der Waals surface area contributed by atoms with E-state index in [1.165, 1.54) is 4.31 Å². The van der Waals surface area contributed by atoms with E-state index in [9.17, 15) is 18.0 Å². The standard InChI is InChI=1S/C25H28N4O6S/c1-16-11-19(21-5-3-4-6-22(21)26-16)15-35-20-9-7-17(8-10-20)25(31)27-23-14-29(36(2,33)34)13-18(23)12-24(30)28-32/h3-11,18,23,32H,12-15H2,1-2H3,(H,27,31)(H,28,30)/t18-,23+/m0/s1. The summed E-state index contributed by atoms with van der Waals surface area (Å²) in [5, 5.41) is 12.7. The number of hydroxylamine groups is 1. The molecule has 3 N–H and O–H groups in total. The number of ether oxygens (including phenoxy) is 1. The number of aromatic nitrogens is 1. The number of pyridine rings is 1. The van der Waals surface area contributed by atoms with Gasteiger partial charge in [-0.2, -0.15) is 4.31 Å². The van der Waals surface area contributed by atoms with Crippen LogP contribution in [-0.4, -0.2) is 60.1 Å². The molecule has 0 aliphatic carbocycles. The minimum atomic E-state index is -3.50. The van der Waals surface area contributed by atoms with Crippen molar-refractivity contribution >= 4 is 32.7 Å². The Morgan fingerprint density at radius 1 is 1.14 bits per heavy atom. The number of sulfonamides is 1. The predicted molar refractivity (Wildman–Crippen MR) is 133 cm³/mol. The van der Waals surface area contributed by atoms with Crippen molar-refractivity contribution in [3.8, 4) is 5.75 Å². The third-order valence-corrected chi connectivity index (χ3v) is 7.44. The van der Waals surface area contributed by atoms with E-state index < -0.39 is 33.8 Å². The van der Waals surface area contributed by atoms with Gasteiger partial charge in [0.1, 0.15) is 12.4 Å². The fourth-order valence-electron chi connectivity index (χ4n) is 4.39. The molecule has 0 unspecified atom stereocenters. The quantitative estimate of drug-likeness (QED) is 0.310. The van der Waals surface area contributed by atoms with Crippen molar-refractivity contribution < 1.29 is 28.0 Å². The number of fused-ring (bicyclic) bond motifs is 1. The highest BCUT2D eigenvalue weighted by molar-refractivity contribution is 7.88. The molecular weight excluding hydrogens is 484 g/mol. The van der Waals surface area contributed by atoms with E-state index in [1.807, 2.05) is 37.3 Å². The molecule has 1 aromatic heterocycles. The zero-order chi connectivity index (χ0) is 25.9. The van der Waals surface area contributed by atoms with Crippen LogP contribution >= 0.6 is 0 Å². The maximum Gasteiger partial charge on any atom is 0.251 e. The lowest BCUT2D eigenvalue weighted by Gasteiger charge is -2.19. The summed E-state index contributed by atoms with van der Waals surface area (Å²) in [6.45, 7) is 2.40. The molecule has 0 radical (unpaired) electrons. The lowest BCUT2D eigenvalue weighted by Crippen LogP contribution is -2.42. The fraction of sp³-hybridized carbons (Fsp3) is 0.320. The molecule has 3 aromatic rings. The second-order valence-electron chi connectivity index (χ2n) is 8.91. The summed E-state index contributed by atoms with van der Waals surface area (Å²) in [4.78, 5) is 29.1. The molecule has 10 nitrogen and oxygen atoms in total. The number of para-hydroxylation sites is 1. The first-order valence-corrected chi connectivity index (χ1v) is 13.3. The number of nitrogens with one attached hydrogen (secondary N) is 2. The zero-order valence-electron chi connectivity index (χ0n) is 20.0. The molecule has 1 fully saturated rings. The predicted octanol–water partition coefficient (Wildman–Crippen LogP) is 2.01. The van der Waals surface area contributed by atoms with Gasteiger partial charge in [0.25, 0.3) is 5.91 Å². The first-order valence-electron chi connectivity index (χ1n) is 11.4. The van der Waals surface area contributed by atoms with E-state index in [-0.39, 0.29) is 19.5 Å². The second-order valence-corrected chi connectivity index (χ2v) is 10.9. The second kappa shape index (κ2) is 10.6. The summed E-state index contributed by atoms with van der Waals surface area (Å²) in [6, 6.07) is 15.9. The first-order chi connectivity index (χ1) is 17.1. The molecule has 1 saturated heterocycles. The number of hydrogen-bond acceptors (Lipinski definition) is 7. The van der Waals surface area contributed by atoms with Gasteiger partial charge in [0, 0.05) is 53.7 Å². The molecule has 2 atom stereocenters. The maximum atomic E-state index is 12.9. The number of rotatable bonds is 8. The van der Waals surface area contributed by atoms with E-state index in [4.69, 9.17) is 9.94 Å². The lowest BCUT2D eigenvalue weighted by molar-refractivity contribution is -0.130. The van der Waals surface area contributed by atoms with Gasteiger partial charge in [-0.15, -0.1) is 0 Å². The molecule has 36 heavy (non-hydrogen) atoms. The minimum Gasteiger partial charge on any atom is -0.489 e. The van der Waals surface area contributed by atoms with Gasteiger partial charge in [0.05, 0.1) is 11.8 Å². The van der Waals surface area contributed by atoms with Gasteiger partial charge in [-0.05, 0) is 43.3 Å². The summed E-state index contributed by atoms with van der Waals surface area (Å²) in [5.74, 6) is -0.927.